The van der Waals surface area contributed by atoms with Gasteiger partial charge in [0, 0.05) is 12.2 Å². The van der Waals surface area contributed by atoms with Gasteiger partial charge in [-0.1, -0.05) is 372 Å². The Bertz CT molecular complexity index is 967. The van der Waals surface area contributed by atoms with Crippen molar-refractivity contribution in [2.75, 3.05) is 0 Å². The number of carboxylic acid groups (broad SMARTS) is 2. The molecule has 4 heteroatoms. The average molecular weight is 984 g/mol. The summed E-state index contributed by atoms with van der Waals surface area (Å²) in [7, 11) is 0. The molecule has 4 nitrogen and oxygen atoms in total. The van der Waals surface area contributed by atoms with E-state index in [-0.39, 0.29) is 0 Å². The molecule has 0 atom stereocenters. The lowest BCUT2D eigenvalue weighted by atomic mass is 10.0. The Morgan fingerprint density at radius 2 is 0.257 bits per heavy atom. The quantitative estimate of drug-likeness (QED) is 0.0470. The maximum Gasteiger partial charge on any atom is 0.327 e. The molecule has 0 spiro atoms. The van der Waals surface area contributed by atoms with Gasteiger partial charge < -0.3 is 10.2 Å². The molecule has 414 valence electrons. The second-order valence-electron chi connectivity index (χ2n) is 22.6. The first-order valence-electron chi connectivity index (χ1n) is 32.4. The van der Waals surface area contributed by atoms with Gasteiger partial charge in [0.1, 0.15) is 0 Å². The van der Waals surface area contributed by atoms with Gasteiger partial charge in [0.05, 0.1) is 0 Å². The highest BCUT2D eigenvalue weighted by Crippen LogP contribution is 2.20. The number of carbonyl (C=O) groups is 2. The van der Waals surface area contributed by atoms with Crippen molar-refractivity contribution in [1.29, 1.82) is 0 Å². The summed E-state index contributed by atoms with van der Waals surface area (Å²) in [6.45, 7) is 0. The fraction of sp³-hybridized carbons (Fsp3) is 0.909. The Labute approximate surface area is 439 Å². The molecule has 0 aromatic rings. The first kappa shape index (κ1) is 68.4. The predicted molar refractivity (Wildman–Crippen MR) is 311 cm³/mol. The van der Waals surface area contributed by atoms with E-state index in [2.05, 4.69) is 0 Å². The molecule has 0 fully saturated rings. The van der Waals surface area contributed by atoms with E-state index in [1.165, 1.54) is 372 Å². The highest BCUT2D eigenvalue weighted by Gasteiger charge is 2.00. The van der Waals surface area contributed by atoms with E-state index in [1.807, 2.05) is 0 Å². The molecule has 0 aliphatic carbocycles. The standard InChI is InChI=1S/C66H126O4/c67-65(68)63-61-59-57-55-53-51-49-47-45-43-41-39-37-35-33-31-29-27-25-23-21-19-17-15-13-11-9-7-5-3-1-2-4-6-8-10-12-14-16-18-20-22-24-26-28-30-32-34-36-38-40-42-44-46-48-50-52-54-56-58-60-62-64-66(69)70/h61-64H,1-60H2,(H,67,68)(H,69,70). The van der Waals surface area contributed by atoms with Gasteiger partial charge in [-0.25, -0.2) is 9.59 Å². The van der Waals surface area contributed by atoms with Crippen molar-refractivity contribution in [2.24, 2.45) is 0 Å². The van der Waals surface area contributed by atoms with Gasteiger partial charge in [0.25, 0.3) is 0 Å². The molecule has 0 radical (unpaired) electrons. The Balaban J connectivity index is 3.09. The van der Waals surface area contributed by atoms with Gasteiger partial charge in [-0.15, -0.1) is 0 Å². The molecule has 0 saturated heterocycles. The number of aliphatic carboxylic acids is 2. The molecule has 0 heterocycles. The summed E-state index contributed by atoms with van der Waals surface area (Å²) in [5.74, 6) is -1.66. The molecule has 0 aliphatic rings. The summed E-state index contributed by atoms with van der Waals surface area (Å²) < 4.78 is 0. The van der Waals surface area contributed by atoms with Crippen LogP contribution in [0.15, 0.2) is 24.3 Å². The number of allylic oxidation sites excluding steroid dienone is 2. The molecule has 70 heavy (non-hydrogen) atoms. The van der Waals surface area contributed by atoms with Crippen LogP contribution in [0.3, 0.4) is 0 Å². The van der Waals surface area contributed by atoms with Crippen LogP contribution in [0.2, 0.25) is 0 Å². The summed E-state index contributed by atoms with van der Waals surface area (Å²) in [6, 6.07) is 0. The monoisotopic (exact) mass is 983 g/mol. The zero-order valence-electron chi connectivity index (χ0n) is 47.4. The second-order valence-corrected chi connectivity index (χ2v) is 22.6. The van der Waals surface area contributed by atoms with Crippen LogP contribution in [-0.2, 0) is 9.59 Å². The lowest BCUT2D eigenvalue weighted by Gasteiger charge is -2.05. The highest BCUT2D eigenvalue weighted by molar-refractivity contribution is 5.79. The van der Waals surface area contributed by atoms with E-state index >= 15 is 0 Å². The Kier molecular flexibility index (Phi) is 62.1. The lowest BCUT2D eigenvalue weighted by Crippen LogP contribution is -1.86. The molecule has 0 rings (SSSR count). The van der Waals surface area contributed by atoms with Crippen LogP contribution in [-0.4, -0.2) is 22.2 Å². The van der Waals surface area contributed by atoms with Crippen molar-refractivity contribution >= 4 is 11.9 Å². The average Bonchev–Trinajstić information content (AvgIpc) is 3.35. The fourth-order valence-corrected chi connectivity index (χ4v) is 10.8. The fourth-order valence-electron chi connectivity index (χ4n) is 10.8. The van der Waals surface area contributed by atoms with E-state index in [9.17, 15) is 9.59 Å². The van der Waals surface area contributed by atoms with Crippen LogP contribution in [0.4, 0.5) is 0 Å². The largest absolute Gasteiger partial charge is 0.478 e. The minimum atomic E-state index is -0.828. The molecule has 0 aromatic heterocycles. The lowest BCUT2D eigenvalue weighted by molar-refractivity contribution is -0.132. The molecule has 0 unspecified atom stereocenters. The number of carboxylic acids is 2. The van der Waals surface area contributed by atoms with Crippen molar-refractivity contribution < 1.29 is 19.8 Å². The topological polar surface area (TPSA) is 74.6 Å². The zero-order valence-corrected chi connectivity index (χ0v) is 47.4. The van der Waals surface area contributed by atoms with Crippen molar-refractivity contribution in [3.8, 4) is 0 Å². The van der Waals surface area contributed by atoms with Crippen molar-refractivity contribution in [3.05, 3.63) is 24.3 Å². The van der Waals surface area contributed by atoms with E-state index < -0.39 is 11.9 Å². The van der Waals surface area contributed by atoms with Crippen molar-refractivity contribution in [1.82, 2.24) is 0 Å². The maximum atomic E-state index is 10.4. The smallest absolute Gasteiger partial charge is 0.327 e. The van der Waals surface area contributed by atoms with Crippen LogP contribution in [0.1, 0.15) is 385 Å². The van der Waals surface area contributed by atoms with Crippen LogP contribution in [0.25, 0.3) is 0 Å². The number of unbranched alkanes of at least 4 members (excludes halogenated alkanes) is 59. The van der Waals surface area contributed by atoms with E-state index in [1.54, 1.807) is 12.2 Å². The minimum absolute atomic E-state index is 0.828. The van der Waals surface area contributed by atoms with Gasteiger partial charge in [-0.2, -0.15) is 0 Å². The molecular weight excluding hydrogens is 857 g/mol. The third-order valence-electron chi connectivity index (χ3n) is 15.5. The Morgan fingerprint density at radius 1 is 0.171 bits per heavy atom. The first-order chi connectivity index (χ1) is 34.6. The third kappa shape index (κ3) is 66.4. The summed E-state index contributed by atoms with van der Waals surface area (Å²) in [5.41, 5.74) is 0. The molecule has 0 amide bonds. The van der Waals surface area contributed by atoms with Crippen molar-refractivity contribution in [2.45, 2.75) is 385 Å². The van der Waals surface area contributed by atoms with Crippen LogP contribution in [0.5, 0.6) is 0 Å². The van der Waals surface area contributed by atoms with E-state index in [4.69, 9.17) is 10.2 Å². The molecule has 0 bridgehead atoms. The van der Waals surface area contributed by atoms with Crippen LogP contribution in [0, 0.1) is 0 Å². The Morgan fingerprint density at radius 3 is 0.343 bits per heavy atom. The normalized spacial score (nSPS) is 11.8. The van der Waals surface area contributed by atoms with Crippen LogP contribution < -0.4 is 0 Å². The van der Waals surface area contributed by atoms with Crippen LogP contribution >= 0.6 is 0 Å². The minimum Gasteiger partial charge on any atom is -0.478 e. The second kappa shape index (κ2) is 63.5. The van der Waals surface area contributed by atoms with Gasteiger partial charge in [-0.05, 0) is 25.7 Å². The summed E-state index contributed by atoms with van der Waals surface area (Å²) in [6.07, 6.45) is 90.9. The highest BCUT2D eigenvalue weighted by atomic mass is 16.4. The summed E-state index contributed by atoms with van der Waals surface area (Å²) in [5, 5.41) is 17.2. The van der Waals surface area contributed by atoms with Crippen molar-refractivity contribution in [3.63, 3.8) is 0 Å². The number of rotatable bonds is 63. The van der Waals surface area contributed by atoms with Gasteiger partial charge in [-0.3, -0.25) is 0 Å². The molecule has 2 N–H and O–H groups in total. The predicted octanol–water partition coefficient (Wildman–Crippen LogP) is 23.7. The zero-order chi connectivity index (χ0) is 50.4. The van der Waals surface area contributed by atoms with E-state index in [0.29, 0.717) is 0 Å². The van der Waals surface area contributed by atoms with E-state index in [0.717, 1.165) is 25.7 Å². The third-order valence-corrected chi connectivity index (χ3v) is 15.5. The Hall–Kier alpha value is -1.58. The molecule has 0 aliphatic heterocycles. The van der Waals surface area contributed by atoms with Gasteiger partial charge in [0.2, 0.25) is 0 Å². The molecule has 0 aromatic carbocycles. The SMILES string of the molecule is O=C(O)C=CCCCCCCCCCCCCCCCCCCCCCCCCCCCCCCCCCCCCCCCCCCCCCCCCCCCCCCCCCCCCC=CC(=O)O. The van der Waals surface area contributed by atoms with Gasteiger partial charge >= 0.3 is 11.9 Å². The first-order valence-corrected chi connectivity index (χ1v) is 32.4. The maximum absolute atomic E-state index is 10.4. The number of hydrogen-bond donors (Lipinski definition) is 2. The van der Waals surface area contributed by atoms with Gasteiger partial charge in [0.15, 0.2) is 0 Å². The molecular formula is C66H126O4. The number of hydrogen-bond acceptors (Lipinski definition) is 2. The molecule has 0 saturated carbocycles. The summed E-state index contributed by atoms with van der Waals surface area (Å²) >= 11 is 0. The summed E-state index contributed by atoms with van der Waals surface area (Å²) in [4.78, 5) is 20.9.